The first kappa shape index (κ1) is 11.3. The van der Waals surface area contributed by atoms with E-state index < -0.39 is 5.25 Å². The van der Waals surface area contributed by atoms with Gasteiger partial charge in [-0.05, 0) is 12.8 Å². The molecule has 1 atom stereocenters. The summed E-state index contributed by atoms with van der Waals surface area (Å²) >= 11 is 3.24. The van der Waals surface area contributed by atoms with Gasteiger partial charge in [-0.2, -0.15) is 0 Å². The van der Waals surface area contributed by atoms with Gasteiger partial charge < -0.3 is 4.74 Å². The Morgan fingerprint density at radius 1 is 1.47 bits per heavy atom. The Labute approximate surface area is 97.7 Å². The van der Waals surface area contributed by atoms with Gasteiger partial charge in [-0.1, -0.05) is 12.8 Å². The largest absolute Gasteiger partial charge is 0.468 e. The van der Waals surface area contributed by atoms with Gasteiger partial charge in [-0.25, -0.2) is 0 Å². The molecule has 1 saturated heterocycles. The second-order valence-corrected chi connectivity index (χ2v) is 7.00. The first-order chi connectivity index (χ1) is 7.17. The van der Waals surface area contributed by atoms with Crippen LogP contribution >= 0.6 is 23.5 Å². The number of ether oxygens (including phenoxy) is 1. The van der Waals surface area contributed by atoms with E-state index in [0.717, 1.165) is 12.8 Å². The van der Waals surface area contributed by atoms with Gasteiger partial charge in [0.2, 0.25) is 0 Å². The van der Waals surface area contributed by atoms with Crippen LogP contribution in [-0.2, 0) is 14.3 Å². The molecule has 2 aliphatic rings. The molecule has 0 amide bonds. The van der Waals surface area contributed by atoms with E-state index in [1.165, 1.54) is 31.7 Å². The van der Waals surface area contributed by atoms with Crippen LogP contribution in [0.2, 0.25) is 0 Å². The number of carbonyl (C=O) groups excluding carboxylic acids is 2. The third-order valence-corrected chi connectivity index (χ3v) is 6.42. The Bertz CT molecular complexity index is 276. The van der Waals surface area contributed by atoms with Crippen molar-refractivity contribution < 1.29 is 14.3 Å². The van der Waals surface area contributed by atoms with Crippen molar-refractivity contribution in [3.8, 4) is 0 Å². The standard InChI is InChI=1S/C10H14O3S2/c1-13-9(12)8-7(11)6-14-10(15-8)4-2-3-5-10/h8H,2-6H2,1H3. The number of methoxy groups -OCH3 is 1. The lowest BCUT2D eigenvalue weighted by molar-refractivity contribution is -0.142. The van der Waals surface area contributed by atoms with E-state index in [0.29, 0.717) is 5.75 Å². The summed E-state index contributed by atoms with van der Waals surface area (Å²) in [5.74, 6) is 0.0956. The topological polar surface area (TPSA) is 43.4 Å². The predicted molar refractivity (Wildman–Crippen MR) is 62.1 cm³/mol. The van der Waals surface area contributed by atoms with Gasteiger partial charge in [0.15, 0.2) is 11.0 Å². The molecule has 1 heterocycles. The summed E-state index contributed by atoms with van der Waals surface area (Å²) in [5.41, 5.74) is 0. The Kier molecular flexibility index (Phi) is 3.30. The Hall–Kier alpha value is -0.160. The molecule has 1 spiro atoms. The molecule has 0 bridgehead atoms. The molecule has 84 valence electrons. The van der Waals surface area contributed by atoms with Gasteiger partial charge in [-0.3, -0.25) is 9.59 Å². The Morgan fingerprint density at radius 3 is 2.73 bits per heavy atom. The number of Topliss-reactive ketones (excluding diaryl/α,β-unsaturated/α-hetero) is 1. The number of carbonyl (C=O) groups is 2. The molecule has 3 nitrogen and oxygen atoms in total. The molecule has 5 heteroatoms. The number of esters is 1. The summed E-state index contributed by atoms with van der Waals surface area (Å²) in [4.78, 5) is 23.0. The van der Waals surface area contributed by atoms with Crippen molar-refractivity contribution in [2.75, 3.05) is 12.9 Å². The summed E-state index contributed by atoms with van der Waals surface area (Å²) in [6.45, 7) is 0. The summed E-state index contributed by atoms with van der Waals surface area (Å²) < 4.78 is 4.79. The maximum absolute atomic E-state index is 11.6. The highest BCUT2D eigenvalue weighted by Gasteiger charge is 2.46. The van der Waals surface area contributed by atoms with Crippen molar-refractivity contribution in [2.45, 2.75) is 35.0 Å². The zero-order valence-corrected chi connectivity index (χ0v) is 10.3. The molecule has 0 N–H and O–H groups in total. The fraction of sp³-hybridized carbons (Fsp3) is 0.800. The van der Waals surface area contributed by atoms with Crippen molar-refractivity contribution in [1.29, 1.82) is 0 Å². The van der Waals surface area contributed by atoms with Crippen LogP contribution in [0.15, 0.2) is 0 Å². The Morgan fingerprint density at radius 2 is 2.13 bits per heavy atom. The predicted octanol–water partition coefficient (Wildman–Crippen LogP) is 1.85. The monoisotopic (exact) mass is 246 g/mol. The molecule has 15 heavy (non-hydrogen) atoms. The molecule has 0 aromatic carbocycles. The van der Waals surface area contributed by atoms with E-state index in [1.807, 2.05) is 0 Å². The quantitative estimate of drug-likeness (QED) is 0.522. The summed E-state index contributed by atoms with van der Waals surface area (Å²) in [6.07, 6.45) is 4.65. The van der Waals surface area contributed by atoms with Crippen LogP contribution in [0.4, 0.5) is 0 Å². The minimum atomic E-state index is -0.575. The van der Waals surface area contributed by atoms with Crippen LogP contribution in [0.1, 0.15) is 25.7 Å². The van der Waals surface area contributed by atoms with Gasteiger partial charge in [-0.15, -0.1) is 23.5 Å². The molecule has 1 aliphatic heterocycles. The summed E-state index contributed by atoms with van der Waals surface area (Å²) in [6, 6.07) is 0. The lowest BCUT2D eigenvalue weighted by Crippen LogP contribution is -2.39. The lowest BCUT2D eigenvalue weighted by atomic mass is 10.3. The maximum atomic E-state index is 11.6. The maximum Gasteiger partial charge on any atom is 0.326 e. The van der Waals surface area contributed by atoms with Crippen LogP contribution in [-0.4, -0.2) is 33.9 Å². The van der Waals surface area contributed by atoms with Crippen LogP contribution < -0.4 is 0 Å². The van der Waals surface area contributed by atoms with Crippen LogP contribution in [0.3, 0.4) is 0 Å². The normalized spacial score (nSPS) is 29.4. The van der Waals surface area contributed by atoms with Crippen LogP contribution in [0.5, 0.6) is 0 Å². The fourth-order valence-corrected chi connectivity index (χ4v) is 5.41. The van der Waals surface area contributed by atoms with Gasteiger partial charge >= 0.3 is 5.97 Å². The molecular formula is C10H14O3S2. The molecule has 0 aromatic heterocycles. The summed E-state index contributed by atoms with van der Waals surface area (Å²) in [7, 11) is 1.35. The van der Waals surface area contributed by atoms with Crippen molar-refractivity contribution in [2.24, 2.45) is 0 Å². The van der Waals surface area contributed by atoms with Crippen molar-refractivity contribution in [3.63, 3.8) is 0 Å². The average molecular weight is 246 g/mol. The molecule has 1 saturated carbocycles. The number of rotatable bonds is 1. The van der Waals surface area contributed by atoms with Crippen molar-refractivity contribution >= 4 is 35.3 Å². The third-order valence-electron chi connectivity index (χ3n) is 2.88. The van der Waals surface area contributed by atoms with E-state index in [9.17, 15) is 9.59 Å². The van der Waals surface area contributed by atoms with E-state index in [-0.39, 0.29) is 15.8 Å². The first-order valence-electron chi connectivity index (χ1n) is 5.09. The van der Waals surface area contributed by atoms with E-state index >= 15 is 0 Å². The molecule has 2 fully saturated rings. The molecule has 0 aromatic rings. The summed E-state index contributed by atoms with van der Waals surface area (Å²) in [5, 5.41) is -0.575. The van der Waals surface area contributed by atoms with Crippen molar-refractivity contribution in [3.05, 3.63) is 0 Å². The third kappa shape index (κ3) is 2.18. The molecule has 1 unspecified atom stereocenters. The van der Waals surface area contributed by atoms with E-state index in [1.54, 1.807) is 11.8 Å². The second kappa shape index (κ2) is 4.37. The fourth-order valence-electron chi connectivity index (χ4n) is 2.06. The van der Waals surface area contributed by atoms with E-state index in [4.69, 9.17) is 0 Å². The average Bonchev–Trinajstić information content (AvgIpc) is 2.70. The van der Waals surface area contributed by atoms with Crippen molar-refractivity contribution in [1.82, 2.24) is 0 Å². The number of thioether (sulfide) groups is 2. The van der Waals surface area contributed by atoms with Gasteiger partial charge in [0.05, 0.1) is 16.9 Å². The highest BCUT2D eigenvalue weighted by Crippen LogP contribution is 2.54. The molecule has 1 aliphatic carbocycles. The SMILES string of the molecule is COC(=O)C1SC2(CCCC2)SCC1=O. The van der Waals surface area contributed by atoms with Gasteiger partial charge in [0, 0.05) is 0 Å². The molecular weight excluding hydrogens is 232 g/mol. The van der Waals surface area contributed by atoms with Gasteiger partial charge in [0.1, 0.15) is 0 Å². The zero-order chi connectivity index (χ0) is 10.9. The second-order valence-electron chi connectivity index (χ2n) is 3.89. The number of ketones is 1. The smallest absolute Gasteiger partial charge is 0.326 e. The zero-order valence-electron chi connectivity index (χ0n) is 8.65. The minimum Gasteiger partial charge on any atom is -0.468 e. The first-order valence-corrected chi connectivity index (χ1v) is 6.96. The minimum absolute atomic E-state index is 0.00868. The molecule has 2 rings (SSSR count). The van der Waals surface area contributed by atoms with Gasteiger partial charge in [0.25, 0.3) is 0 Å². The highest BCUT2D eigenvalue weighted by molar-refractivity contribution is 8.20. The van der Waals surface area contributed by atoms with Crippen LogP contribution in [0.25, 0.3) is 0 Å². The Balaban J connectivity index is 2.10. The number of hydrogen-bond acceptors (Lipinski definition) is 5. The lowest BCUT2D eigenvalue weighted by Gasteiger charge is -2.34. The number of hydrogen-bond donors (Lipinski definition) is 0. The molecule has 0 radical (unpaired) electrons. The van der Waals surface area contributed by atoms with Crippen LogP contribution in [0, 0.1) is 0 Å². The highest BCUT2D eigenvalue weighted by atomic mass is 32.2. The van der Waals surface area contributed by atoms with E-state index in [2.05, 4.69) is 4.74 Å².